The van der Waals surface area contributed by atoms with E-state index in [1.165, 1.54) is 0 Å². The predicted octanol–water partition coefficient (Wildman–Crippen LogP) is 2.53. The molecule has 1 aromatic carbocycles. The highest BCUT2D eigenvalue weighted by Crippen LogP contribution is 2.16. The van der Waals surface area contributed by atoms with Crippen LogP contribution in [0.3, 0.4) is 0 Å². The summed E-state index contributed by atoms with van der Waals surface area (Å²) in [5.41, 5.74) is 1.09. The fourth-order valence-corrected chi connectivity index (χ4v) is 1.26. The molecule has 0 aliphatic carbocycles. The van der Waals surface area contributed by atoms with Crippen LogP contribution in [0.25, 0.3) is 0 Å². The molecular formula is C12H19NO2. The lowest BCUT2D eigenvalue weighted by molar-refractivity contribution is 0.110. The van der Waals surface area contributed by atoms with Crippen molar-refractivity contribution in [2.45, 2.75) is 13.8 Å². The van der Waals surface area contributed by atoms with E-state index in [4.69, 9.17) is 9.47 Å². The third-order valence-corrected chi connectivity index (χ3v) is 1.92. The van der Waals surface area contributed by atoms with Crippen LogP contribution < -0.4 is 10.1 Å². The molecule has 3 nitrogen and oxygen atoms in total. The largest absolute Gasteiger partial charge is 0.491 e. The second-order valence-corrected chi connectivity index (χ2v) is 3.10. The van der Waals surface area contributed by atoms with Gasteiger partial charge >= 0.3 is 0 Å². The fraction of sp³-hybridized carbons (Fsp3) is 0.500. The molecule has 15 heavy (non-hydrogen) atoms. The van der Waals surface area contributed by atoms with Crippen molar-refractivity contribution in [3.8, 4) is 5.75 Å². The van der Waals surface area contributed by atoms with Crippen LogP contribution in [0.5, 0.6) is 5.75 Å². The van der Waals surface area contributed by atoms with Crippen molar-refractivity contribution in [3.05, 3.63) is 24.3 Å². The maximum Gasteiger partial charge on any atom is 0.121 e. The monoisotopic (exact) mass is 209 g/mol. The molecule has 0 aliphatic heterocycles. The number of anilines is 1. The molecular weight excluding hydrogens is 190 g/mol. The molecule has 0 aromatic heterocycles. The molecule has 1 N–H and O–H groups in total. The molecule has 0 aliphatic rings. The number of ether oxygens (including phenoxy) is 2. The molecule has 0 spiro atoms. The molecule has 0 saturated carbocycles. The lowest BCUT2D eigenvalue weighted by atomic mass is 10.3. The van der Waals surface area contributed by atoms with Gasteiger partial charge in [0.05, 0.1) is 6.61 Å². The molecule has 0 fully saturated rings. The van der Waals surface area contributed by atoms with Crippen molar-refractivity contribution in [3.63, 3.8) is 0 Å². The minimum Gasteiger partial charge on any atom is -0.491 e. The Balaban J connectivity index is 2.36. The molecule has 0 unspecified atom stereocenters. The first-order valence-electron chi connectivity index (χ1n) is 5.41. The molecule has 84 valence electrons. The van der Waals surface area contributed by atoms with Gasteiger partial charge in [0.2, 0.25) is 0 Å². The van der Waals surface area contributed by atoms with Gasteiger partial charge in [-0.15, -0.1) is 0 Å². The second kappa shape index (κ2) is 7.12. The molecule has 0 radical (unpaired) electrons. The standard InChI is InChI=1S/C12H19NO2/c1-3-13-11-6-5-7-12(10-11)15-9-8-14-4-2/h5-7,10,13H,3-4,8-9H2,1-2H3. The first-order valence-corrected chi connectivity index (χ1v) is 5.41. The SMILES string of the molecule is CCNc1cccc(OCCOCC)c1. The van der Waals surface area contributed by atoms with Crippen molar-refractivity contribution in [2.24, 2.45) is 0 Å². The second-order valence-electron chi connectivity index (χ2n) is 3.10. The zero-order valence-electron chi connectivity index (χ0n) is 9.45. The molecule has 1 aromatic rings. The van der Waals surface area contributed by atoms with Gasteiger partial charge in [0, 0.05) is 24.9 Å². The summed E-state index contributed by atoms with van der Waals surface area (Å²) in [6.07, 6.45) is 0. The highest BCUT2D eigenvalue weighted by molar-refractivity contribution is 5.47. The van der Waals surface area contributed by atoms with Gasteiger partial charge in [-0.05, 0) is 26.0 Å². The van der Waals surface area contributed by atoms with Crippen molar-refractivity contribution in [1.82, 2.24) is 0 Å². The maximum atomic E-state index is 5.53. The highest BCUT2D eigenvalue weighted by Gasteiger charge is 1.95. The number of benzene rings is 1. The van der Waals surface area contributed by atoms with Gasteiger partial charge in [0.15, 0.2) is 0 Å². The molecule has 3 heteroatoms. The van der Waals surface area contributed by atoms with Crippen LogP contribution in [0.15, 0.2) is 24.3 Å². The Morgan fingerprint density at radius 3 is 2.80 bits per heavy atom. The summed E-state index contributed by atoms with van der Waals surface area (Å²) in [6.45, 7) is 6.95. The zero-order valence-corrected chi connectivity index (χ0v) is 9.45. The van der Waals surface area contributed by atoms with Crippen LogP contribution in [0, 0.1) is 0 Å². The van der Waals surface area contributed by atoms with Crippen LogP contribution >= 0.6 is 0 Å². The average molecular weight is 209 g/mol. The van der Waals surface area contributed by atoms with E-state index >= 15 is 0 Å². The minimum atomic E-state index is 0.601. The quantitative estimate of drug-likeness (QED) is 0.700. The molecule has 0 atom stereocenters. The molecule has 0 heterocycles. The van der Waals surface area contributed by atoms with E-state index < -0.39 is 0 Å². The summed E-state index contributed by atoms with van der Waals surface area (Å²) in [6, 6.07) is 7.95. The van der Waals surface area contributed by atoms with Crippen LogP contribution in [0.1, 0.15) is 13.8 Å². The Bertz CT molecular complexity index is 276. The van der Waals surface area contributed by atoms with Crippen LogP contribution in [-0.4, -0.2) is 26.4 Å². The van der Waals surface area contributed by atoms with E-state index in [0.717, 1.165) is 24.6 Å². The van der Waals surface area contributed by atoms with Crippen molar-refractivity contribution >= 4 is 5.69 Å². The van der Waals surface area contributed by atoms with Gasteiger partial charge in [-0.25, -0.2) is 0 Å². The molecule has 1 rings (SSSR count). The minimum absolute atomic E-state index is 0.601. The number of rotatable bonds is 7. The highest BCUT2D eigenvalue weighted by atomic mass is 16.5. The van der Waals surface area contributed by atoms with Crippen molar-refractivity contribution in [1.29, 1.82) is 0 Å². The fourth-order valence-electron chi connectivity index (χ4n) is 1.26. The topological polar surface area (TPSA) is 30.5 Å². The van der Waals surface area contributed by atoms with E-state index in [0.29, 0.717) is 13.2 Å². The Hall–Kier alpha value is -1.22. The van der Waals surface area contributed by atoms with E-state index in [2.05, 4.69) is 12.2 Å². The van der Waals surface area contributed by atoms with E-state index in [1.807, 2.05) is 31.2 Å². The van der Waals surface area contributed by atoms with E-state index in [-0.39, 0.29) is 0 Å². The zero-order chi connectivity index (χ0) is 10.9. The normalized spacial score (nSPS) is 10.0. The number of hydrogen-bond acceptors (Lipinski definition) is 3. The van der Waals surface area contributed by atoms with Gasteiger partial charge in [-0.3, -0.25) is 0 Å². The van der Waals surface area contributed by atoms with Gasteiger partial charge in [-0.2, -0.15) is 0 Å². The van der Waals surface area contributed by atoms with Crippen LogP contribution in [0.4, 0.5) is 5.69 Å². The Morgan fingerprint density at radius 1 is 1.20 bits per heavy atom. The molecule has 0 saturated heterocycles. The van der Waals surface area contributed by atoms with Gasteiger partial charge in [-0.1, -0.05) is 6.07 Å². The molecule has 0 bridgehead atoms. The Kier molecular flexibility index (Phi) is 5.63. The number of hydrogen-bond donors (Lipinski definition) is 1. The van der Waals surface area contributed by atoms with Crippen molar-refractivity contribution in [2.75, 3.05) is 31.7 Å². The van der Waals surface area contributed by atoms with Gasteiger partial charge < -0.3 is 14.8 Å². The molecule has 0 amide bonds. The maximum absolute atomic E-state index is 5.53. The Labute approximate surface area is 91.4 Å². The summed E-state index contributed by atoms with van der Waals surface area (Å²) in [5, 5.41) is 3.24. The van der Waals surface area contributed by atoms with E-state index in [1.54, 1.807) is 0 Å². The first-order chi connectivity index (χ1) is 7.36. The summed E-state index contributed by atoms with van der Waals surface area (Å²) in [7, 11) is 0. The van der Waals surface area contributed by atoms with Crippen molar-refractivity contribution < 1.29 is 9.47 Å². The number of nitrogens with one attached hydrogen (secondary N) is 1. The lowest BCUT2D eigenvalue weighted by Gasteiger charge is -2.08. The summed E-state index contributed by atoms with van der Waals surface area (Å²) >= 11 is 0. The van der Waals surface area contributed by atoms with E-state index in [9.17, 15) is 0 Å². The van der Waals surface area contributed by atoms with Gasteiger partial charge in [0.25, 0.3) is 0 Å². The Morgan fingerprint density at radius 2 is 2.07 bits per heavy atom. The van der Waals surface area contributed by atoms with Gasteiger partial charge in [0.1, 0.15) is 12.4 Å². The lowest BCUT2D eigenvalue weighted by Crippen LogP contribution is -2.06. The van der Waals surface area contributed by atoms with Crippen LogP contribution in [-0.2, 0) is 4.74 Å². The summed E-state index contributed by atoms with van der Waals surface area (Å²) in [4.78, 5) is 0. The summed E-state index contributed by atoms with van der Waals surface area (Å²) in [5.74, 6) is 0.883. The third-order valence-electron chi connectivity index (χ3n) is 1.92. The third kappa shape index (κ3) is 4.70. The smallest absolute Gasteiger partial charge is 0.121 e. The summed E-state index contributed by atoms with van der Waals surface area (Å²) < 4.78 is 10.7. The van der Waals surface area contributed by atoms with Crippen LogP contribution in [0.2, 0.25) is 0 Å². The predicted molar refractivity (Wildman–Crippen MR) is 62.6 cm³/mol. The average Bonchev–Trinajstić information content (AvgIpc) is 2.26. The first kappa shape index (κ1) is 11.9.